The highest BCUT2D eigenvalue weighted by Crippen LogP contribution is 2.28. The van der Waals surface area contributed by atoms with Crippen LogP contribution in [0.15, 0.2) is 91.0 Å². The predicted molar refractivity (Wildman–Crippen MR) is 149 cm³/mol. The molecular weight excluding hydrogens is 472 g/mol. The molecule has 4 aromatic carbocycles. The van der Waals surface area contributed by atoms with Crippen LogP contribution in [0.4, 0.5) is 0 Å². The number of ether oxygens (including phenoxy) is 2. The third kappa shape index (κ3) is 6.22. The molecule has 1 aliphatic rings. The summed E-state index contributed by atoms with van der Waals surface area (Å²) in [6, 6.07) is 32.4. The van der Waals surface area contributed by atoms with E-state index in [2.05, 4.69) is 41.3 Å². The number of carbonyl (C=O) groups excluding carboxylic acids is 1. The van der Waals surface area contributed by atoms with Crippen molar-refractivity contribution in [3.63, 3.8) is 0 Å². The van der Waals surface area contributed by atoms with Crippen LogP contribution in [0.5, 0.6) is 5.75 Å². The molecular formula is C33H32N2O3. The topological polar surface area (TPSA) is 62.6 Å². The fourth-order valence-electron chi connectivity index (χ4n) is 5.16. The summed E-state index contributed by atoms with van der Waals surface area (Å²) >= 11 is 0. The lowest BCUT2D eigenvalue weighted by Crippen LogP contribution is -2.24. The van der Waals surface area contributed by atoms with Gasteiger partial charge in [0.05, 0.1) is 24.2 Å². The first-order valence-electron chi connectivity index (χ1n) is 13.2. The normalized spacial score (nSPS) is 16.2. The average molecular weight is 505 g/mol. The van der Waals surface area contributed by atoms with E-state index in [4.69, 9.17) is 9.47 Å². The lowest BCUT2D eigenvalue weighted by atomic mass is 9.91. The van der Waals surface area contributed by atoms with Gasteiger partial charge in [0.15, 0.2) is 0 Å². The molecule has 4 aromatic rings. The molecule has 1 saturated heterocycles. The van der Waals surface area contributed by atoms with E-state index in [0.717, 1.165) is 53.7 Å². The van der Waals surface area contributed by atoms with E-state index >= 15 is 0 Å². The van der Waals surface area contributed by atoms with Crippen molar-refractivity contribution in [3.05, 3.63) is 113 Å². The van der Waals surface area contributed by atoms with Crippen molar-refractivity contribution in [2.45, 2.75) is 38.3 Å². The molecule has 0 saturated carbocycles. The van der Waals surface area contributed by atoms with E-state index in [0.29, 0.717) is 18.6 Å². The molecule has 0 spiro atoms. The first-order chi connectivity index (χ1) is 18.6. The SMILES string of the molecule is CCOC(=O)[C@@H](Cc1ccc2ccc(C#N)cc2c1)c1ccc(O[C@H]2CCN(Cc3ccccc3)C2)cc1. The minimum absolute atomic E-state index is 0.154. The molecule has 0 aromatic heterocycles. The van der Waals surface area contributed by atoms with E-state index in [-0.39, 0.29) is 12.1 Å². The van der Waals surface area contributed by atoms with E-state index in [1.807, 2.05) is 67.6 Å². The fourth-order valence-corrected chi connectivity index (χ4v) is 5.16. The predicted octanol–water partition coefficient (Wildman–Crippen LogP) is 6.25. The highest BCUT2D eigenvalue weighted by Gasteiger charge is 2.25. The third-order valence-corrected chi connectivity index (χ3v) is 7.11. The molecule has 1 heterocycles. The second-order valence-electron chi connectivity index (χ2n) is 9.84. The number of esters is 1. The molecule has 192 valence electrons. The Morgan fingerprint density at radius 1 is 0.974 bits per heavy atom. The summed E-state index contributed by atoms with van der Waals surface area (Å²) in [5.74, 6) is 0.158. The van der Waals surface area contributed by atoms with Gasteiger partial charge in [0.25, 0.3) is 0 Å². The fraction of sp³-hybridized carbons (Fsp3) is 0.273. The number of benzene rings is 4. The van der Waals surface area contributed by atoms with Crippen molar-refractivity contribution < 1.29 is 14.3 Å². The molecule has 0 bridgehead atoms. The van der Waals surface area contributed by atoms with Crippen molar-refractivity contribution in [2.75, 3.05) is 19.7 Å². The Hall–Kier alpha value is -4.14. The highest BCUT2D eigenvalue weighted by atomic mass is 16.5. The van der Waals surface area contributed by atoms with Crippen molar-refractivity contribution in [2.24, 2.45) is 0 Å². The van der Waals surface area contributed by atoms with Crippen LogP contribution in [0.3, 0.4) is 0 Å². The second-order valence-corrected chi connectivity index (χ2v) is 9.84. The summed E-state index contributed by atoms with van der Waals surface area (Å²) in [4.78, 5) is 15.4. The molecule has 0 amide bonds. The Morgan fingerprint density at radius 2 is 1.76 bits per heavy atom. The van der Waals surface area contributed by atoms with Gasteiger partial charge in [-0.3, -0.25) is 9.69 Å². The van der Waals surface area contributed by atoms with E-state index < -0.39 is 5.92 Å². The number of rotatable bonds is 9. The summed E-state index contributed by atoms with van der Waals surface area (Å²) in [5, 5.41) is 11.3. The van der Waals surface area contributed by atoms with E-state index in [1.54, 1.807) is 0 Å². The molecule has 1 fully saturated rings. The van der Waals surface area contributed by atoms with Crippen molar-refractivity contribution in [1.82, 2.24) is 4.90 Å². The maximum absolute atomic E-state index is 13.0. The number of carbonyl (C=O) groups is 1. The summed E-state index contributed by atoms with van der Waals surface area (Å²) in [6.45, 7) is 5.02. The molecule has 1 aliphatic heterocycles. The largest absolute Gasteiger partial charge is 0.489 e. The van der Waals surface area contributed by atoms with Gasteiger partial charge in [0.2, 0.25) is 0 Å². The van der Waals surface area contributed by atoms with Crippen LogP contribution < -0.4 is 4.74 Å². The summed E-state index contributed by atoms with van der Waals surface area (Å²) in [7, 11) is 0. The van der Waals surface area contributed by atoms with Crippen molar-refractivity contribution in [3.8, 4) is 11.8 Å². The van der Waals surface area contributed by atoms with Crippen molar-refractivity contribution >= 4 is 16.7 Å². The Morgan fingerprint density at radius 3 is 2.53 bits per heavy atom. The minimum atomic E-state index is -0.423. The maximum Gasteiger partial charge on any atom is 0.313 e. The number of likely N-dealkylation sites (tertiary alicyclic amines) is 1. The Bertz CT molecular complexity index is 1430. The van der Waals surface area contributed by atoms with Gasteiger partial charge in [0, 0.05) is 19.6 Å². The summed E-state index contributed by atoms with van der Waals surface area (Å²) < 4.78 is 11.7. The second kappa shape index (κ2) is 11.9. The van der Waals surface area contributed by atoms with Crippen LogP contribution in [0, 0.1) is 11.3 Å². The van der Waals surface area contributed by atoms with E-state index in [9.17, 15) is 10.1 Å². The van der Waals surface area contributed by atoms with Crippen LogP contribution in [0.2, 0.25) is 0 Å². The van der Waals surface area contributed by atoms with Crippen LogP contribution in [-0.2, 0) is 22.5 Å². The summed E-state index contributed by atoms with van der Waals surface area (Å²) in [5.41, 5.74) is 3.87. The number of hydrogen-bond acceptors (Lipinski definition) is 5. The van der Waals surface area contributed by atoms with Gasteiger partial charge >= 0.3 is 5.97 Å². The monoisotopic (exact) mass is 504 g/mol. The lowest BCUT2D eigenvalue weighted by Gasteiger charge is -2.19. The van der Waals surface area contributed by atoms with Gasteiger partial charge in [-0.2, -0.15) is 5.26 Å². The molecule has 0 radical (unpaired) electrons. The number of nitrogens with zero attached hydrogens (tertiary/aromatic N) is 2. The maximum atomic E-state index is 13.0. The number of nitriles is 1. The minimum Gasteiger partial charge on any atom is -0.489 e. The van der Waals surface area contributed by atoms with Crippen LogP contribution in [0.25, 0.3) is 10.8 Å². The molecule has 5 rings (SSSR count). The molecule has 0 unspecified atom stereocenters. The molecule has 2 atom stereocenters. The Kier molecular flexibility index (Phi) is 8.01. The Balaban J connectivity index is 1.26. The Labute approximate surface area is 224 Å². The molecule has 5 nitrogen and oxygen atoms in total. The first-order valence-corrected chi connectivity index (χ1v) is 13.2. The zero-order chi connectivity index (χ0) is 26.3. The van der Waals surface area contributed by atoms with E-state index in [1.165, 1.54) is 5.56 Å². The van der Waals surface area contributed by atoms with Gasteiger partial charge in [-0.1, -0.05) is 66.7 Å². The lowest BCUT2D eigenvalue weighted by molar-refractivity contribution is -0.144. The van der Waals surface area contributed by atoms with Crippen molar-refractivity contribution in [1.29, 1.82) is 5.26 Å². The summed E-state index contributed by atoms with van der Waals surface area (Å²) in [6.07, 6.45) is 1.67. The molecule has 38 heavy (non-hydrogen) atoms. The van der Waals surface area contributed by atoms with Gasteiger partial charge in [-0.05, 0) is 71.5 Å². The number of hydrogen-bond donors (Lipinski definition) is 0. The third-order valence-electron chi connectivity index (χ3n) is 7.11. The average Bonchev–Trinajstić information content (AvgIpc) is 3.38. The van der Waals surface area contributed by atoms with Gasteiger partial charge < -0.3 is 9.47 Å². The zero-order valence-electron chi connectivity index (χ0n) is 21.7. The molecule has 0 aliphatic carbocycles. The first kappa shape index (κ1) is 25.5. The van der Waals surface area contributed by atoms with Crippen LogP contribution >= 0.6 is 0 Å². The van der Waals surface area contributed by atoms with Gasteiger partial charge in [-0.25, -0.2) is 0 Å². The molecule has 0 N–H and O–H groups in total. The quantitative estimate of drug-likeness (QED) is 0.252. The highest BCUT2D eigenvalue weighted by molar-refractivity contribution is 5.85. The van der Waals surface area contributed by atoms with Crippen LogP contribution in [0.1, 0.15) is 41.5 Å². The van der Waals surface area contributed by atoms with Gasteiger partial charge in [-0.15, -0.1) is 0 Å². The number of fused-ring (bicyclic) bond motifs is 1. The van der Waals surface area contributed by atoms with Crippen LogP contribution in [-0.4, -0.2) is 36.7 Å². The zero-order valence-corrected chi connectivity index (χ0v) is 21.7. The smallest absolute Gasteiger partial charge is 0.313 e. The van der Waals surface area contributed by atoms with Gasteiger partial charge in [0.1, 0.15) is 11.9 Å². The standard InChI is InChI=1S/C33H32N2O3/c1-2-37-33(36)32(20-25-8-10-27-11-9-26(21-34)19-29(27)18-25)28-12-14-30(15-13-28)38-31-16-17-35(23-31)22-24-6-4-3-5-7-24/h3-15,18-19,31-32H,2,16-17,20,22-23H2,1H3/t31-,32-/m0/s1. The molecule has 5 heteroatoms.